The van der Waals surface area contributed by atoms with Gasteiger partial charge in [-0.25, -0.2) is 4.98 Å². The molecule has 0 aromatic carbocycles. The molecule has 2 fully saturated rings. The van der Waals surface area contributed by atoms with Crippen molar-refractivity contribution < 1.29 is 9.59 Å². The number of rotatable bonds is 6. The van der Waals surface area contributed by atoms with E-state index in [0.29, 0.717) is 23.9 Å². The molecule has 3 heterocycles. The molecule has 0 radical (unpaired) electrons. The Morgan fingerprint density at radius 1 is 1.21 bits per heavy atom. The number of likely N-dealkylation sites (N-methyl/N-ethyl adjacent to an activating group) is 1. The molecule has 0 spiro atoms. The molecule has 0 aliphatic carbocycles. The Labute approximate surface area is 175 Å². The number of amides is 2. The maximum atomic E-state index is 13.1. The highest BCUT2D eigenvalue weighted by atomic mass is 16.2. The van der Waals surface area contributed by atoms with Gasteiger partial charge in [0.1, 0.15) is 6.04 Å². The van der Waals surface area contributed by atoms with Crippen LogP contribution in [0.15, 0.2) is 12.5 Å². The normalized spacial score (nSPS) is 25.4. The van der Waals surface area contributed by atoms with Crippen LogP contribution < -0.4 is 0 Å². The lowest BCUT2D eigenvalue weighted by molar-refractivity contribution is -0.136. The highest BCUT2D eigenvalue weighted by molar-refractivity contribution is 5.79. The molecule has 6 nitrogen and oxygen atoms in total. The van der Waals surface area contributed by atoms with E-state index in [4.69, 9.17) is 0 Å². The van der Waals surface area contributed by atoms with Gasteiger partial charge in [-0.05, 0) is 49.9 Å². The van der Waals surface area contributed by atoms with Gasteiger partial charge in [0, 0.05) is 38.8 Å². The molecule has 2 aliphatic heterocycles. The molecular formula is C23H38N4O2. The van der Waals surface area contributed by atoms with Crippen molar-refractivity contribution in [2.24, 2.45) is 11.3 Å². The molecule has 2 unspecified atom stereocenters. The van der Waals surface area contributed by atoms with E-state index in [-0.39, 0.29) is 23.3 Å². The molecule has 4 atom stereocenters. The zero-order chi connectivity index (χ0) is 21.5. The molecule has 1 aromatic rings. The van der Waals surface area contributed by atoms with Crippen LogP contribution in [0.3, 0.4) is 0 Å². The fraction of sp³-hybridized carbons (Fsp3) is 0.783. The summed E-state index contributed by atoms with van der Waals surface area (Å²) in [6.45, 7) is 13.2. The maximum Gasteiger partial charge on any atom is 0.245 e. The predicted molar refractivity (Wildman–Crippen MR) is 114 cm³/mol. The summed E-state index contributed by atoms with van der Waals surface area (Å²) in [5, 5.41) is 0. The summed E-state index contributed by atoms with van der Waals surface area (Å²) >= 11 is 0. The molecule has 0 saturated carbocycles. The van der Waals surface area contributed by atoms with Gasteiger partial charge in [0.05, 0.1) is 12.0 Å². The topological polar surface area (TPSA) is 58.4 Å². The van der Waals surface area contributed by atoms with Crippen LogP contribution in [0.1, 0.15) is 84.9 Å². The third-order valence-corrected chi connectivity index (χ3v) is 7.24. The van der Waals surface area contributed by atoms with E-state index in [1.165, 1.54) is 0 Å². The third kappa shape index (κ3) is 4.36. The van der Waals surface area contributed by atoms with Crippen molar-refractivity contribution in [3.8, 4) is 0 Å². The van der Waals surface area contributed by atoms with Gasteiger partial charge >= 0.3 is 0 Å². The Morgan fingerprint density at radius 3 is 2.28 bits per heavy atom. The Morgan fingerprint density at radius 2 is 1.79 bits per heavy atom. The molecule has 3 rings (SSSR count). The number of nitrogens with zero attached hydrogens (tertiary/aromatic N) is 4. The van der Waals surface area contributed by atoms with Crippen molar-refractivity contribution in [3.05, 3.63) is 18.2 Å². The lowest BCUT2D eigenvalue weighted by atomic mass is 9.71. The Hall–Kier alpha value is -1.85. The molecule has 162 valence electrons. The fourth-order valence-corrected chi connectivity index (χ4v) is 5.46. The van der Waals surface area contributed by atoms with E-state index in [1.807, 2.05) is 29.6 Å². The van der Waals surface area contributed by atoms with Crippen molar-refractivity contribution in [1.82, 2.24) is 19.4 Å². The summed E-state index contributed by atoms with van der Waals surface area (Å²) < 4.78 is 1.92. The molecule has 29 heavy (non-hydrogen) atoms. The molecule has 2 amide bonds. The van der Waals surface area contributed by atoms with E-state index < -0.39 is 0 Å². The average Bonchev–Trinajstić information content (AvgIpc) is 3.23. The van der Waals surface area contributed by atoms with Crippen LogP contribution in [-0.2, 0) is 9.59 Å². The van der Waals surface area contributed by atoms with Crippen LogP contribution in [0, 0.1) is 11.3 Å². The van der Waals surface area contributed by atoms with Gasteiger partial charge in [-0.1, -0.05) is 27.7 Å². The molecule has 2 bridgehead atoms. The van der Waals surface area contributed by atoms with Crippen LogP contribution in [0.5, 0.6) is 0 Å². The van der Waals surface area contributed by atoms with Gasteiger partial charge in [0.15, 0.2) is 0 Å². The minimum atomic E-state index is -0.258. The summed E-state index contributed by atoms with van der Waals surface area (Å²) in [6, 6.07) is 0.512. The van der Waals surface area contributed by atoms with E-state index in [1.54, 1.807) is 13.3 Å². The number of hydrogen-bond donors (Lipinski definition) is 0. The van der Waals surface area contributed by atoms with Crippen molar-refractivity contribution in [2.45, 2.75) is 91.3 Å². The number of aromatic nitrogens is 2. The molecule has 0 N–H and O–H groups in total. The second-order valence-corrected chi connectivity index (χ2v) is 10.2. The predicted octanol–water partition coefficient (Wildman–Crippen LogP) is 3.84. The van der Waals surface area contributed by atoms with Crippen molar-refractivity contribution in [1.29, 1.82) is 0 Å². The van der Waals surface area contributed by atoms with Gasteiger partial charge in [0.25, 0.3) is 0 Å². The first-order valence-electron chi connectivity index (χ1n) is 11.1. The number of carbonyl (C=O) groups is 2. The summed E-state index contributed by atoms with van der Waals surface area (Å²) in [6.07, 6.45) is 8.12. The first-order valence-corrected chi connectivity index (χ1v) is 11.1. The number of hydrogen-bond acceptors (Lipinski definition) is 3. The lowest BCUT2D eigenvalue weighted by Crippen LogP contribution is -2.50. The highest BCUT2D eigenvalue weighted by Crippen LogP contribution is 2.46. The van der Waals surface area contributed by atoms with Gasteiger partial charge in [0.2, 0.25) is 11.8 Å². The first-order chi connectivity index (χ1) is 13.5. The number of carbonyl (C=O) groups excluding carboxylic acids is 2. The minimum Gasteiger partial charge on any atom is -0.343 e. The van der Waals surface area contributed by atoms with E-state index in [2.05, 4.69) is 37.6 Å². The van der Waals surface area contributed by atoms with Crippen LogP contribution in [-0.4, -0.2) is 56.8 Å². The number of imidazole rings is 1. The van der Waals surface area contributed by atoms with E-state index in [9.17, 15) is 9.59 Å². The monoisotopic (exact) mass is 402 g/mol. The number of piperidine rings is 1. The van der Waals surface area contributed by atoms with Crippen LogP contribution in [0.25, 0.3) is 0 Å². The van der Waals surface area contributed by atoms with Gasteiger partial charge in [-0.3, -0.25) is 9.59 Å². The maximum absolute atomic E-state index is 13.1. The second kappa shape index (κ2) is 8.11. The molecule has 1 aromatic heterocycles. The molecular weight excluding hydrogens is 364 g/mol. The molecule has 2 saturated heterocycles. The zero-order valence-corrected chi connectivity index (χ0v) is 19.2. The molecule has 2 aliphatic rings. The first kappa shape index (κ1) is 21.8. The summed E-state index contributed by atoms with van der Waals surface area (Å²) in [7, 11) is 1.92. The van der Waals surface area contributed by atoms with Crippen molar-refractivity contribution in [3.63, 3.8) is 0 Å². The second-order valence-electron chi connectivity index (χ2n) is 10.2. The lowest BCUT2D eigenvalue weighted by Gasteiger charge is -2.46. The average molecular weight is 403 g/mol. The largest absolute Gasteiger partial charge is 0.343 e. The van der Waals surface area contributed by atoms with Gasteiger partial charge in [-0.2, -0.15) is 0 Å². The Kier molecular flexibility index (Phi) is 6.11. The molecule has 6 heteroatoms. The summed E-state index contributed by atoms with van der Waals surface area (Å²) in [4.78, 5) is 33.5. The minimum absolute atomic E-state index is 0.0197. The fourth-order valence-electron chi connectivity index (χ4n) is 5.46. The van der Waals surface area contributed by atoms with Crippen molar-refractivity contribution >= 4 is 11.8 Å². The Balaban J connectivity index is 1.63. The van der Waals surface area contributed by atoms with Crippen molar-refractivity contribution in [2.75, 3.05) is 13.6 Å². The van der Waals surface area contributed by atoms with E-state index in [0.717, 1.165) is 37.9 Å². The van der Waals surface area contributed by atoms with Crippen LogP contribution >= 0.6 is 0 Å². The standard InChI is InChI=1S/C23H38N4O2/c1-15(2)21-12-26(14-24-21)16(3)22(29)25(7)13-23(5,6)18-10-19-8-9-20(11-18)27(19)17(4)28/h12,14-16,18-20H,8-11,13H2,1-7H3/t16?,18?,19-,20+. The summed E-state index contributed by atoms with van der Waals surface area (Å²) in [5.74, 6) is 1.22. The smallest absolute Gasteiger partial charge is 0.245 e. The number of fused-ring (bicyclic) bond motifs is 2. The van der Waals surface area contributed by atoms with Crippen LogP contribution in [0.4, 0.5) is 0 Å². The summed E-state index contributed by atoms with van der Waals surface area (Å²) in [5.41, 5.74) is 1.03. The van der Waals surface area contributed by atoms with Gasteiger partial charge < -0.3 is 14.4 Å². The van der Waals surface area contributed by atoms with Gasteiger partial charge in [-0.15, -0.1) is 0 Å². The third-order valence-electron chi connectivity index (χ3n) is 7.24. The SMILES string of the molecule is CC(=O)N1[C@@H]2CC[C@H]1CC(C(C)(C)CN(C)C(=O)C(C)n1cnc(C(C)C)c1)C2. The Bertz CT molecular complexity index is 740. The quantitative estimate of drug-likeness (QED) is 0.726. The van der Waals surface area contributed by atoms with Crippen LogP contribution in [0.2, 0.25) is 0 Å². The highest BCUT2D eigenvalue weighted by Gasteiger charge is 2.46. The zero-order valence-electron chi connectivity index (χ0n) is 19.2. The van der Waals surface area contributed by atoms with E-state index >= 15 is 0 Å².